The van der Waals surface area contributed by atoms with E-state index in [4.69, 9.17) is 5.11 Å². The van der Waals surface area contributed by atoms with E-state index in [0.29, 0.717) is 0 Å². The standard InChI is InChI=1S/C11H13FN2O5S/c1-20(18,19)5-3-9(11(16)17)14-10(15)7-2-4-13-6-8(7)12/h2,4,6,9H,3,5H2,1H3,(H,14,15)(H,16,17). The van der Waals surface area contributed by atoms with Crippen LogP contribution in [-0.4, -0.2) is 48.4 Å². The summed E-state index contributed by atoms with van der Waals surface area (Å²) in [4.78, 5) is 26.1. The SMILES string of the molecule is CS(=O)(=O)CCC(NC(=O)c1ccncc1F)C(=O)O. The highest BCUT2D eigenvalue weighted by Gasteiger charge is 2.23. The average molecular weight is 304 g/mol. The van der Waals surface area contributed by atoms with Crippen molar-refractivity contribution in [3.63, 3.8) is 0 Å². The maximum absolute atomic E-state index is 13.3. The van der Waals surface area contributed by atoms with Gasteiger partial charge >= 0.3 is 5.97 Å². The summed E-state index contributed by atoms with van der Waals surface area (Å²) < 4.78 is 35.3. The molecule has 0 spiro atoms. The highest BCUT2D eigenvalue weighted by atomic mass is 32.2. The van der Waals surface area contributed by atoms with Crippen LogP contribution in [0.3, 0.4) is 0 Å². The Balaban J connectivity index is 2.79. The van der Waals surface area contributed by atoms with Gasteiger partial charge in [0.15, 0.2) is 5.82 Å². The van der Waals surface area contributed by atoms with Crippen LogP contribution in [0.5, 0.6) is 0 Å². The van der Waals surface area contributed by atoms with Crippen LogP contribution in [0.15, 0.2) is 18.5 Å². The molecule has 0 saturated heterocycles. The summed E-state index contributed by atoms with van der Waals surface area (Å²) in [7, 11) is -3.36. The van der Waals surface area contributed by atoms with Crippen molar-refractivity contribution in [2.75, 3.05) is 12.0 Å². The molecule has 9 heteroatoms. The van der Waals surface area contributed by atoms with Crippen LogP contribution in [0.1, 0.15) is 16.8 Å². The Labute approximate surface area is 114 Å². The third-order valence-corrected chi connectivity index (χ3v) is 3.38. The molecule has 1 aromatic rings. The van der Waals surface area contributed by atoms with Crippen molar-refractivity contribution in [3.05, 3.63) is 29.8 Å². The maximum atomic E-state index is 13.3. The molecule has 1 heterocycles. The summed E-state index contributed by atoms with van der Waals surface area (Å²) in [5.41, 5.74) is -0.356. The van der Waals surface area contributed by atoms with Gasteiger partial charge in [-0.25, -0.2) is 17.6 Å². The molecule has 0 radical (unpaired) electrons. The van der Waals surface area contributed by atoms with Gasteiger partial charge in [-0.2, -0.15) is 0 Å². The number of aliphatic carboxylic acids is 1. The summed E-state index contributed by atoms with van der Waals surface area (Å²) >= 11 is 0. The topological polar surface area (TPSA) is 113 Å². The molecule has 0 bridgehead atoms. The minimum atomic E-state index is -3.36. The first-order valence-electron chi connectivity index (χ1n) is 5.51. The summed E-state index contributed by atoms with van der Waals surface area (Å²) in [6.45, 7) is 0. The second-order valence-electron chi connectivity index (χ2n) is 4.14. The number of carbonyl (C=O) groups excluding carboxylic acids is 1. The molecule has 0 saturated carbocycles. The van der Waals surface area contributed by atoms with Gasteiger partial charge in [0.2, 0.25) is 0 Å². The van der Waals surface area contributed by atoms with Crippen molar-refractivity contribution in [1.29, 1.82) is 0 Å². The Bertz CT molecular complexity index is 617. The number of aromatic nitrogens is 1. The van der Waals surface area contributed by atoms with E-state index in [0.717, 1.165) is 18.5 Å². The summed E-state index contributed by atoms with van der Waals surface area (Å²) in [5, 5.41) is 11.0. The van der Waals surface area contributed by atoms with Gasteiger partial charge < -0.3 is 10.4 Å². The fourth-order valence-electron chi connectivity index (χ4n) is 1.38. The number of carboxylic acid groups (broad SMARTS) is 1. The highest BCUT2D eigenvalue weighted by Crippen LogP contribution is 2.06. The molecule has 2 N–H and O–H groups in total. The first kappa shape index (κ1) is 16.0. The van der Waals surface area contributed by atoms with E-state index >= 15 is 0 Å². The zero-order valence-corrected chi connectivity index (χ0v) is 11.4. The number of nitrogens with zero attached hydrogens (tertiary/aromatic N) is 1. The lowest BCUT2D eigenvalue weighted by Gasteiger charge is -2.14. The van der Waals surface area contributed by atoms with Crippen molar-refractivity contribution < 1.29 is 27.5 Å². The largest absolute Gasteiger partial charge is 0.480 e. The molecule has 20 heavy (non-hydrogen) atoms. The van der Waals surface area contributed by atoms with Crippen LogP contribution in [0.25, 0.3) is 0 Å². The lowest BCUT2D eigenvalue weighted by Crippen LogP contribution is -2.42. The molecule has 0 aliphatic carbocycles. The molecule has 1 unspecified atom stereocenters. The normalized spacial score (nSPS) is 12.7. The van der Waals surface area contributed by atoms with Crippen molar-refractivity contribution in [2.24, 2.45) is 0 Å². The number of carbonyl (C=O) groups is 2. The third kappa shape index (κ3) is 4.92. The second-order valence-corrected chi connectivity index (χ2v) is 6.40. The minimum Gasteiger partial charge on any atom is -0.480 e. The first-order valence-corrected chi connectivity index (χ1v) is 7.57. The van der Waals surface area contributed by atoms with Gasteiger partial charge in [-0.15, -0.1) is 0 Å². The Morgan fingerprint density at radius 2 is 2.15 bits per heavy atom. The zero-order chi connectivity index (χ0) is 15.3. The Hall–Kier alpha value is -2.03. The Morgan fingerprint density at radius 1 is 1.50 bits per heavy atom. The van der Waals surface area contributed by atoms with Crippen LogP contribution < -0.4 is 5.32 Å². The quantitative estimate of drug-likeness (QED) is 0.755. The van der Waals surface area contributed by atoms with Crippen LogP contribution in [-0.2, 0) is 14.6 Å². The number of halogens is 1. The predicted molar refractivity (Wildman–Crippen MR) is 67.4 cm³/mol. The van der Waals surface area contributed by atoms with E-state index in [9.17, 15) is 22.4 Å². The Morgan fingerprint density at radius 3 is 2.65 bits per heavy atom. The van der Waals surface area contributed by atoms with E-state index in [1.165, 1.54) is 6.20 Å². The lowest BCUT2D eigenvalue weighted by molar-refractivity contribution is -0.139. The van der Waals surface area contributed by atoms with Crippen molar-refractivity contribution in [1.82, 2.24) is 10.3 Å². The summed E-state index contributed by atoms with van der Waals surface area (Å²) in [6, 6.07) is -0.315. The van der Waals surface area contributed by atoms with Crippen molar-refractivity contribution >= 4 is 21.7 Å². The van der Waals surface area contributed by atoms with Gasteiger partial charge in [0.05, 0.1) is 17.5 Å². The molecular weight excluding hydrogens is 291 g/mol. The number of rotatable bonds is 6. The van der Waals surface area contributed by atoms with Crippen LogP contribution in [0.2, 0.25) is 0 Å². The molecule has 7 nitrogen and oxygen atoms in total. The van der Waals surface area contributed by atoms with Crippen LogP contribution >= 0.6 is 0 Å². The fraction of sp³-hybridized carbons (Fsp3) is 0.364. The van der Waals surface area contributed by atoms with E-state index in [2.05, 4.69) is 10.3 Å². The van der Waals surface area contributed by atoms with Gasteiger partial charge in [-0.1, -0.05) is 0 Å². The van der Waals surface area contributed by atoms with E-state index in [1.807, 2.05) is 0 Å². The first-order chi connectivity index (χ1) is 9.20. The molecule has 1 amide bonds. The van der Waals surface area contributed by atoms with Crippen molar-refractivity contribution in [2.45, 2.75) is 12.5 Å². The number of hydrogen-bond donors (Lipinski definition) is 2. The molecule has 1 rings (SSSR count). The fourth-order valence-corrected chi connectivity index (χ4v) is 2.05. The van der Waals surface area contributed by atoms with E-state index < -0.39 is 39.3 Å². The average Bonchev–Trinajstić information content (AvgIpc) is 2.33. The molecule has 1 atom stereocenters. The molecule has 0 fully saturated rings. The van der Waals surface area contributed by atoms with E-state index in [-0.39, 0.29) is 12.0 Å². The maximum Gasteiger partial charge on any atom is 0.326 e. The molecule has 110 valence electrons. The van der Waals surface area contributed by atoms with Crippen LogP contribution in [0, 0.1) is 5.82 Å². The summed E-state index contributed by atoms with van der Waals surface area (Å²) in [5.74, 6) is -3.62. The predicted octanol–water partition coefficient (Wildman–Crippen LogP) is -0.162. The van der Waals surface area contributed by atoms with Gasteiger partial charge in [-0.3, -0.25) is 9.78 Å². The molecule has 0 aliphatic heterocycles. The highest BCUT2D eigenvalue weighted by molar-refractivity contribution is 7.90. The minimum absolute atomic E-state index is 0.299. The Kier molecular flexibility index (Phi) is 5.14. The third-order valence-electron chi connectivity index (χ3n) is 2.40. The van der Waals surface area contributed by atoms with E-state index in [1.54, 1.807) is 0 Å². The number of pyridine rings is 1. The van der Waals surface area contributed by atoms with Gasteiger partial charge in [-0.05, 0) is 12.5 Å². The summed E-state index contributed by atoms with van der Waals surface area (Å²) in [6.07, 6.45) is 2.66. The molecule has 0 aliphatic rings. The van der Waals surface area contributed by atoms with Gasteiger partial charge in [0.1, 0.15) is 15.9 Å². The smallest absolute Gasteiger partial charge is 0.326 e. The van der Waals surface area contributed by atoms with Gasteiger partial charge in [0, 0.05) is 12.5 Å². The number of nitrogens with one attached hydrogen (secondary N) is 1. The van der Waals surface area contributed by atoms with Crippen molar-refractivity contribution in [3.8, 4) is 0 Å². The molecular formula is C11H13FN2O5S. The monoisotopic (exact) mass is 304 g/mol. The van der Waals surface area contributed by atoms with Gasteiger partial charge in [0.25, 0.3) is 5.91 Å². The number of sulfone groups is 1. The zero-order valence-electron chi connectivity index (χ0n) is 10.5. The number of hydrogen-bond acceptors (Lipinski definition) is 5. The number of amides is 1. The van der Waals surface area contributed by atoms with Crippen LogP contribution in [0.4, 0.5) is 4.39 Å². The molecule has 1 aromatic heterocycles. The lowest BCUT2D eigenvalue weighted by atomic mass is 10.2. The second kappa shape index (κ2) is 6.42. The molecule has 0 aromatic carbocycles. The number of carboxylic acids is 1.